The Balaban J connectivity index is 2.93. The maximum Gasteiger partial charge on any atom is 0.262 e. The van der Waals surface area contributed by atoms with E-state index in [4.69, 9.17) is 0 Å². The number of aromatic amines is 1. The number of aryl methyl sites for hydroxylation is 1. The number of rotatable bonds is 1. The van der Waals surface area contributed by atoms with Crippen molar-refractivity contribution >= 4 is 11.0 Å². The van der Waals surface area contributed by atoms with Crippen molar-refractivity contribution < 1.29 is 0 Å². The molecule has 0 bridgehead atoms. The van der Waals surface area contributed by atoms with E-state index in [1.165, 1.54) is 6.33 Å². The summed E-state index contributed by atoms with van der Waals surface area (Å²) in [5.41, 5.74) is 1.32. The summed E-state index contributed by atoms with van der Waals surface area (Å²) in [5, 5.41) is 4.89. The van der Waals surface area contributed by atoms with Crippen molar-refractivity contribution in [2.24, 2.45) is 7.05 Å². The average molecular weight is 192 g/mol. The highest BCUT2D eigenvalue weighted by atomic mass is 16.1. The van der Waals surface area contributed by atoms with E-state index in [2.05, 4.69) is 15.1 Å². The molecule has 0 saturated heterocycles. The molecule has 0 aromatic carbocycles. The Bertz CT molecular complexity index is 523. The third-order valence-corrected chi connectivity index (χ3v) is 2.20. The van der Waals surface area contributed by atoms with Gasteiger partial charge in [0, 0.05) is 7.05 Å². The van der Waals surface area contributed by atoms with E-state index in [0.29, 0.717) is 11.0 Å². The zero-order valence-electron chi connectivity index (χ0n) is 8.40. The second-order valence-electron chi connectivity index (χ2n) is 3.59. The van der Waals surface area contributed by atoms with Gasteiger partial charge in [-0.1, -0.05) is 13.8 Å². The third-order valence-electron chi connectivity index (χ3n) is 2.20. The van der Waals surface area contributed by atoms with E-state index in [-0.39, 0.29) is 11.5 Å². The van der Waals surface area contributed by atoms with Crippen molar-refractivity contribution in [2.75, 3.05) is 0 Å². The molecular weight excluding hydrogens is 180 g/mol. The molecule has 1 N–H and O–H groups in total. The fourth-order valence-corrected chi connectivity index (χ4v) is 1.53. The summed E-state index contributed by atoms with van der Waals surface area (Å²) in [4.78, 5) is 18.2. The predicted molar refractivity (Wildman–Crippen MR) is 53.2 cm³/mol. The summed E-state index contributed by atoms with van der Waals surface area (Å²) < 4.78 is 1.64. The lowest BCUT2D eigenvalue weighted by atomic mass is 10.1. The lowest BCUT2D eigenvalue weighted by Gasteiger charge is -1.97. The summed E-state index contributed by atoms with van der Waals surface area (Å²) in [7, 11) is 1.79. The molecule has 2 aromatic rings. The molecular formula is C9H12N4O. The maximum atomic E-state index is 11.6. The molecule has 0 spiro atoms. The Morgan fingerprint density at radius 1 is 1.50 bits per heavy atom. The molecule has 0 amide bonds. The van der Waals surface area contributed by atoms with Crippen LogP contribution in [0.15, 0.2) is 11.1 Å². The van der Waals surface area contributed by atoms with Crippen LogP contribution >= 0.6 is 0 Å². The molecule has 0 aliphatic carbocycles. The second-order valence-corrected chi connectivity index (χ2v) is 3.59. The smallest absolute Gasteiger partial charge is 0.262 e. The SMILES string of the molecule is CC(C)c1nn(C)c2nc[nH]c(=O)c12. The molecule has 0 saturated carbocycles. The second kappa shape index (κ2) is 2.94. The van der Waals surface area contributed by atoms with Crippen molar-refractivity contribution in [1.82, 2.24) is 19.7 Å². The zero-order valence-corrected chi connectivity index (χ0v) is 8.40. The molecule has 0 aliphatic heterocycles. The number of aromatic nitrogens is 4. The molecule has 0 fully saturated rings. The number of nitrogens with zero attached hydrogens (tertiary/aromatic N) is 3. The largest absolute Gasteiger partial charge is 0.312 e. The minimum atomic E-state index is -0.119. The Morgan fingerprint density at radius 3 is 2.86 bits per heavy atom. The fraction of sp³-hybridized carbons (Fsp3) is 0.444. The normalized spacial score (nSPS) is 11.4. The first kappa shape index (κ1) is 8.93. The van der Waals surface area contributed by atoms with Gasteiger partial charge < -0.3 is 4.98 Å². The predicted octanol–water partition coefficient (Wildman–Crippen LogP) is 0.780. The lowest BCUT2D eigenvalue weighted by Crippen LogP contribution is -2.07. The summed E-state index contributed by atoms with van der Waals surface area (Å²) in [5.74, 6) is 0.226. The Hall–Kier alpha value is -1.65. The van der Waals surface area contributed by atoms with Crippen molar-refractivity contribution in [2.45, 2.75) is 19.8 Å². The van der Waals surface area contributed by atoms with Crippen molar-refractivity contribution in [3.05, 3.63) is 22.4 Å². The quantitative estimate of drug-likeness (QED) is 0.726. The number of fused-ring (bicyclic) bond motifs is 1. The first-order valence-electron chi connectivity index (χ1n) is 4.51. The van der Waals surface area contributed by atoms with Gasteiger partial charge >= 0.3 is 0 Å². The summed E-state index contributed by atoms with van der Waals surface area (Å²) in [6.45, 7) is 4.02. The van der Waals surface area contributed by atoms with Crippen LogP contribution in [0.4, 0.5) is 0 Å². The van der Waals surface area contributed by atoms with Crippen LogP contribution in [0, 0.1) is 0 Å². The van der Waals surface area contributed by atoms with Crippen LogP contribution in [0.25, 0.3) is 11.0 Å². The summed E-state index contributed by atoms with van der Waals surface area (Å²) >= 11 is 0. The van der Waals surface area contributed by atoms with Gasteiger partial charge in [0.05, 0.1) is 12.0 Å². The topological polar surface area (TPSA) is 63.6 Å². The van der Waals surface area contributed by atoms with Gasteiger partial charge in [0.25, 0.3) is 5.56 Å². The van der Waals surface area contributed by atoms with Gasteiger partial charge in [-0.25, -0.2) is 9.67 Å². The van der Waals surface area contributed by atoms with Crippen molar-refractivity contribution in [3.8, 4) is 0 Å². The standard InChI is InChI=1S/C9H12N4O/c1-5(2)7-6-8(13(3)12-7)10-4-11-9(6)14/h4-5H,1-3H3,(H,10,11,14). The van der Waals surface area contributed by atoms with Crippen LogP contribution in [0.1, 0.15) is 25.5 Å². The van der Waals surface area contributed by atoms with Gasteiger partial charge in [-0.3, -0.25) is 4.79 Å². The van der Waals surface area contributed by atoms with Crippen LogP contribution in [0.5, 0.6) is 0 Å². The fourth-order valence-electron chi connectivity index (χ4n) is 1.53. The van der Waals surface area contributed by atoms with Gasteiger partial charge in [-0.15, -0.1) is 0 Å². The number of hydrogen-bond acceptors (Lipinski definition) is 3. The van der Waals surface area contributed by atoms with Gasteiger partial charge in [0.2, 0.25) is 0 Å². The highest BCUT2D eigenvalue weighted by molar-refractivity contribution is 5.77. The van der Waals surface area contributed by atoms with Crippen LogP contribution in [0.2, 0.25) is 0 Å². The lowest BCUT2D eigenvalue weighted by molar-refractivity contribution is 0.724. The first-order chi connectivity index (χ1) is 6.61. The van der Waals surface area contributed by atoms with Crippen LogP contribution in [-0.2, 0) is 7.05 Å². The monoisotopic (exact) mass is 192 g/mol. The molecule has 2 rings (SSSR count). The van der Waals surface area contributed by atoms with E-state index in [1.54, 1.807) is 11.7 Å². The summed E-state index contributed by atoms with van der Waals surface area (Å²) in [6.07, 6.45) is 1.40. The third kappa shape index (κ3) is 1.13. The number of nitrogens with one attached hydrogen (secondary N) is 1. The van der Waals surface area contributed by atoms with Gasteiger partial charge in [0.1, 0.15) is 5.39 Å². The average Bonchev–Trinajstić information content (AvgIpc) is 2.46. The van der Waals surface area contributed by atoms with Crippen LogP contribution < -0.4 is 5.56 Å². The Kier molecular flexibility index (Phi) is 1.87. The molecule has 2 heterocycles. The highest BCUT2D eigenvalue weighted by Gasteiger charge is 2.15. The molecule has 14 heavy (non-hydrogen) atoms. The van der Waals surface area contributed by atoms with Gasteiger partial charge in [-0.2, -0.15) is 5.10 Å². The zero-order chi connectivity index (χ0) is 10.3. The van der Waals surface area contributed by atoms with Crippen LogP contribution in [0.3, 0.4) is 0 Å². The van der Waals surface area contributed by atoms with E-state index in [0.717, 1.165) is 5.69 Å². The first-order valence-corrected chi connectivity index (χ1v) is 4.51. The van der Waals surface area contributed by atoms with Gasteiger partial charge in [-0.05, 0) is 5.92 Å². The molecule has 0 aliphatic rings. The Morgan fingerprint density at radius 2 is 2.21 bits per heavy atom. The minimum absolute atomic E-state index is 0.119. The highest BCUT2D eigenvalue weighted by Crippen LogP contribution is 2.18. The van der Waals surface area contributed by atoms with E-state index in [9.17, 15) is 4.79 Å². The molecule has 0 unspecified atom stereocenters. The van der Waals surface area contributed by atoms with Gasteiger partial charge in [0.15, 0.2) is 5.65 Å². The van der Waals surface area contributed by atoms with Crippen molar-refractivity contribution in [1.29, 1.82) is 0 Å². The Labute approximate surface area is 80.8 Å². The van der Waals surface area contributed by atoms with E-state index >= 15 is 0 Å². The number of hydrogen-bond donors (Lipinski definition) is 1. The van der Waals surface area contributed by atoms with E-state index < -0.39 is 0 Å². The molecule has 74 valence electrons. The number of H-pyrrole nitrogens is 1. The van der Waals surface area contributed by atoms with E-state index in [1.807, 2.05) is 13.8 Å². The summed E-state index contributed by atoms with van der Waals surface area (Å²) in [6, 6.07) is 0. The van der Waals surface area contributed by atoms with Crippen LogP contribution in [-0.4, -0.2) is 19.7 Å². The molecule has 0 atom stereocenters. The molecule has 2 aromatic heterocycles. The van der Waals surface area contributed by atoms with Crippen molar-refractivity contribution in [3.63, 3.8) is 0 Å². The molecule has 0 radical (unpaired) electrons. The molecule has 5 heteroatoms. The molecule has 5 nitrogen and oxygen atoms in total. The maximum absolute atomic E-state index is 11.6. The minimum Gasteiger partial charge on any atom is -0.312 e.